The Morgan fingerprint density at radius 3 is 2.00 bits per heavy atom. The van der Waals surface area contributed by atoms with E-state index >= 15 is 0 Å². The van der Waals surface area contributed by atoms with Crippen LogP contribution in [0.5, 0.6) is 0 Å². The fourth-order valence-corrected chi connectivity index (χ4v) is 1.44. The van der Waals surface area contributed by atoms with Crippen LogP contribution in [0, 0.1) is 17.5 Å². The predicted molar refractivity (Wildman–Crippen MR) is 51.3 cm³/mol. The first-order valence-corrected chi connectivity index (χ1v) is 4.68. The van der Waals surface area contributed by atoms with Crippen molar-refractivity contribution in [2.24, 2.45) is 0 Å². The molecule has 2 rings (SSSR count). The molecular weight excluding hydrogens is 277 g/mol. The van der Waals surface area contributed by atoms with Gasteiger partial charge in [-0.1, -0.05) is 0 Å². The van der Waals surface area contributed by atoms with Crippen molar-refractivity contribution in [3.05, 3.63) is 56.1 Å². The second-order valence-corrected chi connectivity index (χ2v) is 3.46. The molecule has 0 amide bonds. The van der Waals surface area contributed by atoms with E-state index in [9.17, 15) is 31.5 Å². The largest absolute Gasteiger partial charge is 0.367 e. The number of alkyl halides is 2. The van der Waals surface area contributed by atoms with Gasteiger partial charge in [-0.25, -0.2) is 33.0 Å². The van der Waals surface area contributed by atoms with Gasteiger partial charge in [-0.2, -0.15) is 13.3 Å². The van der Waals surface area contributed by atoms with E-state index in [1.165, 1.54) is 0 Å². The molecule has 102 valence electrons. The summed E-state index contributed by atoms with van der Waals surface area (Å²) in [6, 6.07) is -3.98. The lowest BCUT2D eigenvalue weighted by atomic mass is 10.1. The Hall–Kier alpha value is -2.39. The smallest absolute Gasteiger partial charge is 0.247 e. The minimum absolute atomic E-state index is 0.243. The molecule has 0 spiro atoms. The number of nitrogens with one attached hydrogen (secondary N) is 2. The number of halogens is 5. The first-order chi connectivity index (χ1) is 8.76. The number of rotatable bonds is 2. The number of aromatic amines is 2. The third-order valence-corrected chi connectivity index (χ3v) is 2.32. The number of hydrogen-bond acceptors (Lipinski definition) is 2. The van der Waals surface area contributed by atoms with Crippen molar-refractivity contribution in [2.45, 2.75) is 6.05 Å². The molecule has 0 saturated heterocycles. The molecule has 5 nitrogen and oxygen atoms in total. The Morgan fingerprint density at radius 1 is 0.947 bits per heavy atom. The molecule has 0 bridgehead atoms. The van der Waals surface area contributed by atoms with E-state index in [0.717, 1.165) is 0 Å². The first kappa shape index (κ1) is 13.1. The van der Waals surface area contributed by atoms with Crippen LogP contribution < -0.4 is 11.4 Å². The van der Waals surface area contributed by atoms with Crippen LogP contribution in [0.15, 0.2) is 21.7 Å². The zero-order chi connectivity index (χ0) is 14.4. The number of nitrogens with zero attached hydrogens (tertiary/aromatic N) is 1. The summed E-state index contributed by atoms with van der Waals surface area (Å²) in [5, 5.41) is 3.12. The molecule has 0 unspecified atom stereocenters. The van der Waals surface area contributed by atoms with Crippen LogP contribution in [0.3, 0.4) is 0 Å². The Labute approximate surface area is 99.8 Å². The number of H-pyrrole nitrogens is 2. The maximum atomic E-state index is 13.8. The van der Waals surface area contributed by atoms with E-state index < -0.39 is 45.0 Å². The molecule has 19 heavy (non-hydrogen) atoms. The molecule has 10 heteroatoms. The summed E-state index contributed by atoms with van der Waals surface area (Å²) in [7, 11) is 0. The minimum atomic E-state index is -4.48. The van der Waals surface area contributed by atoms with E-state index in [2.05, 4.69) is 0 Å². The third kappa shape index (κ3) is 1.84. The molecule has 2 aromatic rings. The fourth-order valence-electron chi connectivity index (χ4n) is 1.44. The first-order valence-electron chi connectivity index (χ1n) is 4.68. The van der Waals surface area contributed by atoms with Gasteiger partial charge in [0.1, 0.15) is 0 Å². The van der Waals surface area contributed by atoms with Crippen LogP contribution in [0.4, 0.5) is 22.0 Å². The molecule has 0 fully saturated rings. The molecular formula is C9H4F5N3O2. The number of aromatic nitrogens is 3. The van der Waals surface area contributed by atoms with Crippen molar-refractivity contribution in [1.82, 2.24) is 14.8 Å². The standard InChI is InChI=1S/C9H4F5N3O2/c10-4-2-1-3(5(11)6(4)12)9(13,14)17-7(18)15-16-8(17)19/h1-2H,(H,15,18)(H,16,19). The van der Waals surface area contributed by atoms with Crippen LogP contribution in [0.1, 0.15) is 5.56 Å². The quantitative estimate of drug-likeness (QED) is 0.633. The van der Waals surface area contributed by atoms with E-state index in [1.807, 2.05) is 0 Å². The number of hydrogen-bond donors (Lipinski definition) is 2. The Kier molecular flexibility index (Phi) is 2.80. The molecule has 0 saturated carbocycles. The highest BCUT2D eigenvalue weighted by Crippen LogP contribution is 2.31. The summed E-state index contributed by atoms with van der Waals surface area (Å²) in [5.41, 5.74) is -4.75. The molecule has 0 aliphatic rings. The van der Waals surface area contributed by atoms with Crippen molar-refractivity contribution in [2.75, 3.05) is 0 Å². The van der Waals surface area contributed by atoms with Crippen LogP contribution in [-0.4, -0.2) is 14.8 Å². The van der Waals surface area contributed by atoms with Gasteiger partial charge < -0.3 is 0 Å². The van der Waals surface area contributed by atoms with Gasteiger partial charge in [0, 0.05) is 0 Å². The van der Waals surface area contributed by atoms with Crippen LogP contribution in [0.25, 0.3) is 0 Å². The molecule has 0 aliphatic heterocycles. The summed E-state index contributed by atoms with van der Waals surface area (Å²) in [6.45, 7) is 0. The second kappa shape index (κ2) is 4.07. The third-order valence-electron chi connectivity index (χ3n) is 2.32. The minimum Gasteiger partial charge on any atom is -0.247 e. The molecule has 0 aliphatic carbocycles. The van der Waals surface area contributed by atoms with Crippen molar-refractivity contribution in [3.63, 3.8) is 0 Å². The lowest BCUT2D eigenvalue weighted by Gasteiger charge is -2.16. The van der Waals surface area contributed by atoms with Crippen molar-refractivity contribution in [3.8, 4) is 0 Å². The van der Waals surface area contributed by atoms with Crippen molar-refractivity contribution >= 4 is 0 Å². The van der Waals surface area contributed by atoms with Gasteiger partial charge >= 0.3 is 17.4 Å². The fraction of sp³-hybridized carbons (Fsp3) is 0.111. The Bertz CT molecular complexity index is 718. The van der Waals surface area contributed by atoms with Gasteiger partial charge in [0.2, 0.25) is 0 Å². The van der Waals surface area contributed by atoms with Gasteiger partial charge in [-0.3, -0.25) is 0 Å². The highest BCUT2D eigenvalue weighted by Gasteiger charge is 2.41. The van der Waals surface area contributed by atoms with Gasteiger partial charge in [0.05, 0.1) is 5.56 Å². The molecule has 2 N–H and O–H groups in total. The molecule has 0 radical (unpaired) electrons. The highest BCUT2D eigenvalue weighted by atomic mass is 19.3. The van der Waals surface area contributed by atoms with Crippen LogP contribution in [0.2, 0.25) is 0 Å². The summed E-state index contributed by atoms with van der Waals surface area (Å²) in [6.07, 6.45) is 0. The van der Waals surface area contributed by atoms with Gasteiger partial charge in [0.25, 0.3) is 0 Å². The van der Waals surface area contributed by atoms with Gasteiger partial charge in [-0.05, 0) is 12.1 Å². The molecule has 1 heterocycles. The van der Waals surface area contributed by atoms with E-state index in [-0.39, 0.29) is 12.1 Å². The highest BCUT2D eigenvalue weighted by molar-refractivity contribution is 5.24. The topological polar surface area (TPSA) is 70.7 Å². The molecule has 1 aromatic carbocycles. The van der Waals surface area contributed by atoms with Crippen LogP contribution in [-0.2, 0) is 6.05 Å². The Morgan fingerprint density at radius 2 is 1.47 bits per heavy atom. The predicted octanol–water partition coefficient (Wildman–Crippen LogP) is 0.880. The number of benzene rings is 1. The summed E-state index contributed by atoms with van der Waals surface area (Å²) in [4.78, 5) is 22.1. The van der Waals surface area contributed by atoms with E-state index in [4.69, 9.17) is 0 Å². The summed E-state index contributed by atoms with van der Waals surface area (Å²) >= 11 is 0. The SMILES string of the molecule is O=c1[nH][nH]c(=O)n1C(F)(F)c1ccc(F)c(F)c1F. The molecule has 1 aromatic heterocycles. The van der Waals surface area contributed by atoms with Crippen molar-refractivity contribution in [1.29, 1.82) is 0 Å². The normalized spacial score (nSPS) is 11.8. The zero-order valence-electron chi connectivity index (χ0n) is 8.81. The second-order valence-electron chi connectivity index (χ2n) is 3.46. The van der Waals surface area contributed by atoms with Gasteiger partial charge in [-0.15, -0.1) is 0 Å². The summed E-state index contributed by atoms with van der Waals surface area (Å²) < 4.78 is 65.8. The van der Waals surface area contributed by atoms with Crippen LogP contribution >= 0.6 is 0 Å². The maximum absolute atomic E-state index is 13.8. The summed E-state index contributed by atoms with van der Waals surface area (Å²) in [5.74, 6) is -5.98. The molecule has 0 atom stereocenters. The van der Waals surface area contributed by atoms with Gasteiger partial charge in [0.15, 0.2) is 17.5 Å². The zero-order valence-corrected chi connectivity index (χ0v) is 8.81. The maximum Gasteiger partial charge on any atom is 0.367 e. The lowest BCUT2D eigenvalue weighted by Crippen LogP contribution is -2.41. The lowest BCUT2D eigenvalue weighted by molar-refractivity contribution is -0.0463. The monoisotopic (exact) mass is 281 g/mol. The van der Waals surface area contributed by atoms with E-state index in [0.29, 0.717) is 0 Å². The average molecular weight is 281 g/mol. The van der Waals surface area contributed by atoms with E-state index in [1.54, 1.807) is 10.2 Å². The average Bonchev–Trinajstić information content (AvgIpc) is 2.66. The van der Waals surface area contributed by atoms with Crippen molar-refractivity contribution < 1.29 is 22.0 Å². The Balaban J connectivity index is 2.74.